The fourth-order valence-electron chi connectivity index (χ4n) is 4.22. The smallest absolute Gasteiger partial charge is 0.408 e. The molecular formula is C24H34N4O6. The molecule has 0 radical (unpaired) electrons. The Kier molecular flexibility index (Phi) is 7.81. The van der Waals surface area contributed by atoms with Crippen LogP contribution in [0.25, 0.3) is 11.0 Å². The van der Waals surface area contributed by atoms with Gasteiger partial charge in [-0.2, -0.15) is 0 Å². The molecule has 2 N–H and O–H groups in total. The molecule has 2 aromatic heterocycles. The van der Waals surface area contributed by atoms with E-state index in [1.54, 1.807) is 38.8 Å². The first kappa shape index (κ1) is 25.5. The SMILES string of the molecule is CO[C@H](C)[C@H](NC(=O)OC(C)(C)C)C(=O)N1C[C@@H](OC(C)=O)C[C@H]1Cc1c[nH]c2ncccc12. The molecule has 2 aromatic rings. The predicted octanol–water partition coefficient (Wildman–Crippen LogP) is 2.57. The van der Waals surface area contributed by atoms with Crippen molar-refractivity contribution in [1.82, 2.24) is 20.2 Å². The molecule has 1 saturated heterocycles. The molecule has 10 nitrogen and oxygen atoms in total. The largest absolute Gasteiger partial charge is 0.461 e. The van der Waals surface area contributed by atoms with Gasteiger partial charge in [0, 0.05) is 44.3 Å². The highest BCUT2D eigenvalue weighted by Gasteiger charge is 2.42. The summed E-state index contributed by atoms with van der Waals surface area (Å²) in [6, 6.07) is 2.62. The first-order valence-corrected chi connectivity index (χ1v) is 11.4. The lowest BCUT2D eigenvalue weighted by Crippen LogP contribution is -2.56. The van der Waals surface area contributed by atoms with Crippen molar-refractivity contribution >= 4 is 29.0 Å². The van der Waals surface area contributed by atoms with Gasteiger partial charge in [-0.25, -0.2) is 9.78 Å². The van der Waals surface area contributed by atoms with Crippen molar-refractivity contribution in [2.75, 3.05) is 13.7 Å². The van der Waals surface area contributed by atoms with Gasteiger partial charge >= 0.3 is 12.1 Å². The van der Waals surface area contributed by atoms with Gasteiger partial charge in [-0.05, 0) is 51.8 Å². The molecule has 4 atom stereocenters. The zero-order chi connectivity index (χ0) is 25.0. The van der Waals surface area contributed by atoms with Crippen LogP contribution in [0.4, 0.5) is 4.79 Å². The molecule has 186 valence electrons. The average molecular weight is 475 g/mol. The van der Waals surface area contributed by atoms with Crippen LogP contribution in [0, 0.1) is 0 Å². The zero-order valence-corrected chi connectivity index (χ0v) is 20.6. The molecule has 3 rings (SSSR count). The van der Waals surface area contributed by atoms with Crippen LogP contribution in [-0.4, -0.2) is 76.4 Å². The number of pyridine rings is 1. The van der Waals surface area contributed by atoms with Gasteiger partial charge in [-0.15, -0.1) is 0 Å². The lowest BCUT2D eigenvalue weighted by molar-refractivity contribution is -0.147. The zero-order valence-electron chi connectivity index (χ0n) is 20.6. The fourth-order valence-corrected chi connectivity index (χ4v) is 4.22. The first-order valence-electron chi connectivity index (χ1n) is 11.4. The third-order valence-electron chi connectivity index (χ3n) is 5.76. The number of rotatable bonds is 7. The number of ether oxygens (including phenoxy) is 3. The van der Waals surface area contributed by atoms with Crippen LogP contribution < -0.4 is 5.32 Å². The summed E-state index contributed by atoms with van der Waals surface area (Å²) >= 11 is 0. The normalized spacial score (nSPS) is 20.1. The summed E-state index contributed by atoms with van der Waals surface area (Å²) in [5, 5.41) is 3.64. The minimum Gasteiger partial charge on any atom is -0.461 e. The first-order chi connectivity index (χ1) is 16.0. The highest BCUT2D eigenvalue weighted by Crippen LogP contribution is 2.28. The highest BCUT2D eigenvalue weighted by atomic mass is 16.6. The highest BCUT2D eigenvalue weighted by molar-refractivity contribution is 5.87. The fraction of sp³-hybridized carbons (Fsp3) is 0.583. The van der Waals surface area contributed by atoms with Gasteiger partial charge in [0.25, 0.3) is 0 Å². The van der Waals surface area contributed by atoms with Crippen molar-refractivity contribution in [1.29, 1.82) is 0 Å². The second-order valence-electron chi connectivity index (χ2n) is 9.59. The number of alkyl carbamates (subject to hydrolysis) is 1. The van der Waals surface area contributed by atoms with Gasteiger partial charge in [0.2, 0.25) is 5.91 Å². The Morgan fingerprint density at radius 2 is 2.06 bits per heavy atom. The number of fused-ring (bicyclic) bond motifs is 1. The van der Waals surface area contributed by atoms with E-state index in [0.29, 0.717) is 12.8 Å². The Morgan fingerprint density at radius 1 is 1.32 bits per heavy atom. The maximum absolute atomic E-state index is 13.7. The van der Waals surface area contributed by atoms with Crippen LogP contribution in [-0.2, 0) is 30.2 Å². The van der Waals surface area contributed by atoms with E-state index in [0.717, 1.165) is 16.6 Å². The summed E-state index contributed by atoms with van der Waals surface area (Å²) in [5.41, 5.74) is 1.06. The van der Waals surface area contributed by atoms with Crippen molar-refractivity contribution in [3.8, 4) is 0 Å². The van der Waals surface area contributed by atoms with E-state index in [1.807, 2.05) is 18.3 Å². The van der Waals surface area contributed by atoms with E-state index < -0.39 is 35.9 Å². The number of H-pyrrole nitrogens is 1. The Bertz CT molecular complexity index is 1030. The lowest BCUT2D eigenvalue weighted by atomic mass is 10.0. The molecule has 10 heteroatoms. The number of carbonyl (C=O) groups is 3. The number of nitrogens with zero attached hydrogens (tertiary/aromatic N) is 2. The third kappa shape index (κ3) is 6.25. The van der Waals surface area contributed by atoms with E-state index >= 15 is 0 Å². The van der Waals surface area contributed by atoms with Gasteiger partial charge in [0.05, 0.1) is 12.6 Å². The molecule has 0 spiro atoms. The number of esters is 1. The number of hydrogen-bond donors (Lipinski definition) is 2. The Morgan fingerprint density at radius 3 is 2.71 bits per heavy atom. The average Bonchev–Trinajstić information content (AvgIpc) is 3.33. The van der Waals surface area contributed by atoms with Crippen LogP contribution in [0.1, 0.15) is 46.6 Å². The maximum atomic E-state index is 13.7. The van der Waals surface area contributed by atoms with Crippen LogP contribution in [0.5, 0.6) is 0 Å². The molecular weight excluding hydrogens is 440 g/mol. The second kappa shape index (κ2) is 10.4. The Balaban J connectivity index is 1.85. The molecule has 34 heavy (non-hydrogen) atoms. The molecule has 0 bridgehead atoms. The van der Waals surface area contributed by atoms with Crippen molar-refractivity contribution in [2.24, 2.45) is 0 Å². The van der Waals surface area contributed by atoms with E-state index in [-0.39, 0.29) is 18.5 Å². The number of hydrogen-bond acceptors (Lipinski definition) is 7. The number of methoxy groups -OCH3 is 1. The maximum Gasteiger partial charge on any atom is 0.408 e. The molecule has 0 saturated carbocycles. The van der Waals surface area contributed by atoms with E-state index in [2.05, 4.69) is 15.3 Å². The van der Waals surface area contributed by atoms with Gasteiger partial charge in [0.1, 0.15) is 23.4 Å². The van der Waals surface area contributed by atoms with Crippen LogP contribution >= 0.6 is 0 Å². The summed E-state index contributed by atoms with van der Waals surface area (Å²) in [7, 11) is 1.48. The summed E-state index contributed by atoms with van der Waals surface area (Å²) in [6.45, 7) is 8.54. The van der Waals surface area contributed by atoms with Gasteiger partial charge in [-0.3, -0.25) is 9.59 Å². The van der Waals surface area contributed by atoms with E-state index in [1.165, 1.54) is 14.0 Å². The summed E-state index contributed by atoms with van der Waals surface area (Å²) < 4.78 is 16.2. The topological polar surface area (TPSA) is 123 Å². The molecule has 0 aliphatic carbocycles. The van der Waals surface area contributed by atoms with Crippen LogP contribution in [0.3, 0.4) is 0 Å². The molecule has 1 fully saturated rings. The standard InChI is InChI=1S/C24H34N4O6/c1-14(32-6)20(27-23(31)34-24(3,4)5)22(30)28-13-18(33-15(2)29)11-17(28)10-16-12-26-21-19(16)8-7-9-25-21/h7-9,12,14,17-18,20H,10-11,13H2,1-6H3,(H,25,26)(H,27,31)/t14-,17-,18+,20+/m1/s1. The Labute approximate surface area is 199 Å². The van der Waals surface area contributed by atoms with Gasteiger partial charge < -0.3 is 29.4 Å². The number of aromatic nitrogens is 2. The third-order valence-corrected chi connectivity index (χ3v) is 5.76. The lowest BCUT2D eigenvalue weighted by Gasteiger charge is -2.32. The number of nitrogens with one attached hydrogen (secondary N) is 2. The van der Waals surface area contributed by atoms with Gasteiger partial charge in [-0.1, -0.05) is 0 Å². The van der Waals surface area contributed by atoms with E-state index in [4.69, 9.17) is 14.2 Å². The summed E-state index contributed by atoms with van der Waals surface area (Å²) in [5.74, 6) is -0.721. The minimum absolute atomic E-state index is 0.229. The van der Waals surface area contributed by atoms with Gasteiger partial charge in [0.15, 0.2) is 0 Å². The second-order valence-corrected chi connectivity index (χ2v) is 9.59. The number of likely N-dealkylation sites (tertiary alicyclic amines) is 1. The minimum atomic E-state index is -0.969. The van der Waals surface area contributed by atoms with E-state index in [9.17, 15) is 14.4 Å². The van der Waals surface area contributed by atoms with Crippen molar-refractivity contribution < 1.29 is 28.6 Å². The molecule has 0 unspecified atom stereocenters. The molecule has 3 heterocycles. The van der Waals surface area contributed by atoms with Crippen molar-refractivity contribution in [3.63, 3.8) is 0 Å². The van der Waals surface area contributed by atoms with Crippen LogP contribution in [0.2, 0.25) is 0 Å². The molecule has 1 aliphatic rings. The van der Waals surface area contributed by atoms with Crippen molar-refractivity contribution in [3.05, 3.63) is 30.1 Å². The summed E-state index contributed by atoms with van der Waals surface area (Å²) in [4.78, 5) is 46.9. The molecule has 1 aliphatic heterocycles. The predicted molar refractivity (Wildman–Crippen MR) is 125 cm³/mol. The monoisotopic (exact) mass is 474 g/mol. The van der Waals surface area contributed by atoms with Crippen LogP contribution in [0.15, 0.2) is 24.5 Å². The molecule has 0 aromatic carbocycles. The molecule has 2 amide bonds. The number of aromatic amines is 1. The number of amides is 2. The quantitative estimate of drug-likeness (QED) is 0.591. The summed E-state index contributed by atoms with van der Waals surface area (Å²) in [6.07, 6.45) is 2.87. The Hall–Kier alpha value is -3.14. The number of carbonyl (C=O) groups excluding carboxylic acids is 3. The van der Waals surface area contributed by atoms with Crippen molar-refractivity contribution in [2.45, 2.75) is 77.4 Å².